The Kier molecular flexibility index (Phi) is 4.06. The van der Waals surface area contributed by atoms with E-state index < -0.39 is 0 Å². The highest BCUT2D eigenvalue weighted by Gasteiger charge is 2.42. The van der Waals surface area contributed by atoms with E-state index in [1.807, 2.05) is 30.3 Å². The molecule has 6 nitrogen and oxygen atoms in total. The number of amides is 1. The van der Waals surface area contributed by atoms with Crippen molar-refractivity contribution < 1.29 is 9.53 Å². The molecule has 2 heterocycles. The molecule has 4 rings (SSSR count). The van der Waals surface area contributed by atoms with Crippen molar-refractivity contribution >= 4 is 5.91 Å². The summed E-state index contributed by atoms with van der Waals surface area (Å²) in [6, 6.07) is 9.85. The van der Waals surface area contributed by atoms with Crippen LogP contribution in [0, 0.1) is 0 Å². The van der Waals surface area contributed by atoms with E-state index in [-0.39, 0.29) is 24.0 Å². The van der Waals surface area contributed by atoms with Crippen LogP contribution in [0.3, 0.4) is 0 Å². The van der Waals surface area contributed by atoms with Crippen LogP contribution >= 0.6 is 0 Å². The molecule has 0 radical (unpaired) electrons. The van der Waals surface area contributed by atoms with Gasteiger partial charge in [-0.2, -0.15) is 5.10 Å². The Balaban J connectivity index is 1.33. The normalized spacial score (nSPS) is 22.1. The van der Waals surface area contributed by atoms with Gasteiger partial charge in [0.05, 0.1) is 24.7 Å². The number of aromatic nitrogens is 3. The van der Waals surface area contributed by atoms with E-state index in [0.29, 0.717) is 18.3 Å². The Morgan fingerprint density at radius 2 is 2.08 bits per heavy atom. The number of nitrogens with zero attached hydrogens (tertiary/aromatic N) is 2. The van der Waals surface area contributed by atoms with Crippen molar-refractivity contribution in [3.63, 3.8) is 0 Å². The highest BCUT2D eigenvalue weighted by atomic mass is 16.5. The van der Waals surface area contributed by atoms with Gasteiger partial charge in [-0.1, -0.05) is 43.2 Å². The van der Waals surface area contributed by atoms with Crippen LogP contribution in [0.4, 0.5) is 0 Å². The fraction of sp³-hybridized carbons (Fsp3) is 0.500. The molecule has 126 valence electrons. The molecule has 1 aliphatic carbocycles. The van der Waals surface area contributed by atoms with Gasteiger partial charge in [-0.3, -0.25) is 9.89 Å². The summed E-state index contributed by atoms with van der Waals surface area (Å²) in [6.45, 7) is 0.622. The fourth-order valence-electron chi connectivity index (χ4n) is 3.83. The quantitative estimate of drug-likeness (QED) is 0.903. The number of ether oxygens (including phenoxy) is 1. The summed E-state index contributed by atoms with van der Waals surface area (Å²) < 4.78 is 5.98. The Bertz CT molecular complexity index is 707. The molecule has 1 aromatic heterocycles. The first-order valence-corrected chi connectivity index (χ1v) is 8.62. The number of aromatic amines is 1. The first kappa shape index (κ1) is 15.3. The van der Waals surface area contributed by atoms with Crippen LogP contribution < -0.4 is 5.32 Å². The molecule has 2 aromatic rings. The second-order valence-electron chi connectivity index (χ2n) is 6.82. The number of rotatable bonds is 4. The Labute approximate surface area is 141 Å². The lowest BCUT2D eigenvalue weighted by Gasteiger charge is -2.21. The molecule has 2 fully saturated rings. The maximum Gasteiger partial charge on any atom is 0.227 e. The van der Waals surface area contributed by atoms with Gasteiger partial charge in [0.25, 0.3) is 0 Å². The second kappa shape index (κ2) is 6.36. The molecule has 1 atom stereocenters. The maximum absolute atomic E-state index is 12.3. The van der Waals surface area contributed by atoms with Gasteiger partial charge in [0.1, 0.15) is 5.82 Å². The first-order chi connectivity index (χ1) is 11.7. The van der Waals surface area contributed by atoms with E-state index in [1.54, 1.807) is 0 Å². The van der Waals surface area contributed by atoms with Crippen LogP contribution in [0.2, 0.25) is 0 Å². The zero-order chi connectivity index (χ0) is 16.4. The van der Waals surface area contributed by atoms with Crippen molar-refractivity contribution in [1.29, 1.82) is 0 Å². The van der Waals surface area contributed by atoms with Gasteiger partial charge >= 0.3 is 0 Å². The standard InChI is InChI=1S/C18H22N4O2/c23-16(19-14-11-18(24-12-14)8-4-5-9-18)10-15-20-17(22-21-15)13-6-2-1-3-7-13/h1-3,6-7,14H,4-5,8-12H2,(H,19,23)(H,20,21,22)/t14-/m0/s1. The van der Waals surface area contributed by atoms with Crippen LogP contribution in [0.5, 0.6) is 0 Å². The van der Waals surface area contributed by atoms with E-state index in [9.17, 15) is 4.79 Å². The third kappa shape index (κ3) is 3.19. The molecule has 2 N–H and O–H groups in total. The molecule has 1 spiro atoms. The van der Waals surface area contributed by atoms with E-state index in [4.69, 9.17) is 4.74 Å². The van der Waals surface area contributed by atoms with Gasteiger partial charge in [-0.25, -0.2) is 4.98 Å². The van der Waals surface area contributed by atoms with Gasteiger partial charge in [-0.05, 0) is 19.3 Å². The van der Waals surface area contributed by atoms with E-state index >= 15 is 0 Å². The predicted octanol–water partition coefficient (Wildman–Crippen LogP) is 2.23. The second-order valence-corrected chi connectivity index (χ2v) is 6.82. The van der Waals surface area contributed by atoms with Crippen molar-refractivity contribution in [2.45, 2.75) is 50.2 Å². The lowest BCUT2D eigenvalue weighted by atomic mass is 9.96. The summed E-state index contributed by atoms with van der Waals surface area (Å²) in [4.78, 5) is 16.7. The van der Waals surface area contributed by atoms with E-state index in [0.717, 1.165) is 24.8 Å². The molecule has 1 aliphatic heterocycles. The molecule has 0 bridgehead atoms. The van der Waals surface area contributed by atoms with Gasteiger partial charge < -0.3 is 10.1 Å². The molecule has 1 aromatic carbocycles. The third-order valence-corrected chi connectivity index (χ3v) is 4.98. The number of hydrogen-bond acceptors (Lipinski definition) is 4. The van der Waals surface area contributed by atoms with Crippen molar-refractivity contribution in [2.24, 2.45) is 0 Å². The maximum atomic E-state index is 12.3. The van der Waals surface area contributed by atoms with Gasteiger partial charge in [-0.15, -0.1) is 0 Å². The average Bonchev–Trinajstić information content (AvgIpc) is 3.32. The molecule has 0 unspecified atom stereocenters. The fourth-order valence-corrected chi connectivity index (χ4v) is 3.83. The summed E-state index contributed by atoms with van der Waals surface area (Å²) in [5.41, 5.74) is 0.970. The molecule has 1 saturated heterocycles. The summed E-state index contributed by atoms with van der Waals surface area (Å²) in [7, 11) is 0. The van der Waals surface area contributed by atoms with Gasteiger partial charge in [0.2, 0.25) is 5.91 Å². The summed E-state index contributed by atoms with van der Waals surface area (Å²) in [6.07, 6.45) is 5.87. The minimum atomic E-state index is -0.0330. The topological polar surface area (TPSA) is 79.9 Å². The predicted molar refractivity (Wildman–Crippen MR) is 89.2 cm³/mol. The molecular weight excluding hydrogens is 304 g/mol. The molecule has 2 aliphatic rings. The third-order valence-electron chi connectivity index (χ3n) is 4.98. The van der Waals surface area contributed by atoms with Crippen molar-refractivity contribution in [3.05, 3.63) is 36.2 Å². The highest BCUT2D eigenvalue weighted by Crippen LogP contribution is 2.40. The van der Waals surface area contributed by atoms with Gasteiger partial charge in [0, 0.05) is 5.56 Å². The monoisotopic (exact) mass is 326 g/mol. The molecule has 24 heavy (non-hydrogen) atoms. The minimum Gasteiger partial charge on any atom is -0.373 e. The zero-order valence-corrected chi connectivity index (χ0v) is 13.6. The van der Waals surface area contributed by atoms with Crippen LogP contribution in [0.25, 0.3) is 11.4 Å². The van der Waals surface area contributed by atoms with Crippen molar-refractivity contribution in [2.75, 3.05) is 6.61 Å². The average molecular weight is 326 g/mol. The van der Waals surface area contributed by atoms with Crippen LogP contribution in [-0.2, 0) is 16.0 Å². The Hall–Kier alpha value is -2.21. The number of hydrogen-bond donors (Lipinski definition) is 2. The largest absolute Gasteiger partial charge is 0.373 e. The molecule has 1 amide bonds. The number of nitrogens with one attached hydrogen (secondary N) is 2. The van der Waals surface area contributed by atoms with Crippen LogP contribution in [0.15, 0.2) is 30.3 Å². The van der Waals surface area contributed by atoms with Crippen LogP contribution in [0.1, 0.15) is 37.9 Å². The van der Waals surface area contributed by atoms with E-state index in [2.05, 4.69) is 20.5 Å². The SMILES string of the molecule is O=C(Cc1nc(-c2ccccc2)n[nH]1)N[C@@H]1COC2(CCCC2)C1. The van der Waals surface area contributed by atoms with E-state index in [1.165, 1.54) is 12.8 Å². The number of carbonyl (C=O) groups excluding carboxylic acids is 1. The number of carbonyl (C=O) groups is 1. The van der Waals surface area contributed by atoms with Crippen molar-refractivity contribution in [1.82, 2.24) is 20.5 Å². The lowest BCUT2D eigenvalue weighted by molar-refractivity contribution is -0.121. The number of benzene rings is 1. The summed E-state index contributed by atoms with van der Waals surface area (Å²) in [5.74, 6) is 1.17. The lowest BCUT2D eigenvalue weighted by Crippen LogP contribution is -2.37. The van der Waals surface area contributed by atoms with Crippen LogP contribution in [-0.4, -0.2) is 39.3 Å². The summed E-state index contributed by atoms with van der Waals surface area (Å²) in [5, 5.41) is 10.1. The highest BCUT2D eigenvalue weighted by molar-refractivity contribution is 5.78. The molecule has 6 heteroatoms. The molecule has 1 saturated carbocycles. The smallest absolute Gasteiger partial charge is 0.227 e. The minimum absolute atomic E-state index is 0.0324. The molecular formula is C18H22N4O2. The van der Waals surface area contributed by atoms with Gasteiger partial charge in [0.15, 0.2) is 5.82 Å². The van der Waals surface area contributed by atoms with Crippen molar-refractivity contribution in [3.8, 4) is 11.4 Å². The Morgan fingerprint density at radius 3 is 2.88 bits per heavy atom. The first-order valence-electron chi connectivity index (χ1n) is 8.62. The Morgan fingerprint density at radius 1 is 1.29 bits per heavy atom. The zero-order valence-electron chi connectivity index (χ0n) is 13.6. The number of H-pyrrole nitrogens is 1. The summed E-state index contributed by atoms with van der Waals surface area (Å²) >= 11 is 0.